The maximum atomic E-state index is 14.0. The largest absolute Gasteiger partial charge is 0.386 e. The second-order valence-electron chi connectivity index (χ2n) is 5.48. The van der Waals surface area contributed by atoms with E-state index < -0.39 is 33.6 Å². The van der Waals surface area contributed by atoms with Crippen molar-refractivity contribution in [2.24, 2.45) is 4.36 Å². The van der Waals surface area contributed by atoms with Crippen LogP contribution in [0.15, 0.2) is 50.3 Å². The number of aromatic nitrogens is 2. The highest BCUT2D eigenvalue weighted by Crippen LogP contribution is 2.19. The summed E-state index contributed by atoms with van der Waals surface area (Å²) in [5, 5.41) is 4.80. The standard InChI is InChI=1S/C16H12FN5O5S/c1-18-13-7-12-10(6-11(13)17)14(23)22(16(25)20-12)9-4-2-8(3-5-9)19-15(24)21-28(26)27/h2-7,18H,1H3,(H,19,24)(H,20,25). The van der Waals surface area contributed by atoms with Gasteiger partial charge >= 0.3 is 22.2 Å². The first kappa shape index (κ1) is 19.0. The van der Waals surface area contributed by atoms with Gasteiger partial charge < -0.3 is 15.6 Å². The molecular weight excluding hydrogens is 393 g/mol. The summed E-state index contributed by atoms with van der Waals surface area (Å²) in [5.41, 5.74) is -0.807. The molecule has 1 aromatic heterocycles. The third-order valence-corrected chi connectivity index (χ3v) is 4.10. The molecule has 3 aromatic rings. The van der Waals surface area contributed by atoms with Crippen LogP contribution < -0.4 is 21.9 Å². The van der Waals surface area contributed by atoms with Crippen LogP contribution in [0.25, 0.3) is 16.6 Å². The van der Waals surface area contributed by atoms with Crippen LogP contribution in [0.1, 0.15) is 0 Å². The molecule has 0 radical (unpaired) electrons. The Morgan fingerprint density at radius 2 is 1.86 bits per heavy atom. The maximum absolute atomic E-state index is 14.0. The Morgan fingerprint density at radius 3 is 2.46 bits per heavy atom. The van der Waals surface area contributed by atoms with Crippen LogP contribution in [0.2, 0.25) is 0 Å². The number of hydrogen-bond acceptors (Lipinski definition) is 6. The minimum Gasteiger partial charge on any atom is -0.386 e. The number of anilines is 2. The predicted octanol–water partition coefficient (Wildman–Crippen LogP) is 1.45. The molecule has 0 bridgehead atoms. The van der Waals surface area contributed by atoms with Crippen molar-refractivity contribution < 1.29 is 17.6 Å². The number of aromatic amines is 1. The van der Waals surface area contributed by atoms with Crippen molar-refractivity contribution in [3.8, 4) is 5.69 Å². The number of rotatable bonds is 3. The van der Waals surface area contributed by atoms with Gasteiger partial charge in [-0.3, -0.25) is 4.79 Å². The molecule has 12 heteroatoms. The number of carbonyl (C=O) groups is 1. The highest BCUT2D eigenvalue weighted by molar-refractivity contribution is 7.62. The molecule has 0 fully saturated rings. The Kier molecular flexibility index (Phi) is 5.04. The summed E-state index contributed by atoms with van der Waals surface area (Å²) in [4.78, 5) is 38.9. The Labute approximate surface area is 157 Å². The third-order valence-electron chi connectivity index (χ3n) is 3.79. The second-order valence-corrected chi connectivity index (χ2v) is 6.10. The Morgan fingerprint density at radius 1 is 1.18 bits per heavy atom. The first-order chi connectivity index (χ1) is 13.3. The van der Waals surface area contributed by atoms with Gasteiger partial charge in [-0.25, -0.2) is 18.5 Å². The zero-order chi connectivity index (χ0) is 20.4. The molecule has 2 amide bonds. The number of H-pyrrole nitrogens is 1. The first-order valence-electron chi connectivity index (χ1n) is 7.69. The lowest BCUT2D eigenvalue weighted by Crippen LogP contribution is -2.33. The molecule has 0 atom stereocenters. The average Bonchev–Trinajstić information content (AvgIpc) is 2.62. The molecular formula is C16H12FN5O5S. The summed E-state index contributed by atoms with van der Waals surface area (Å²) in [5.74, 6) is -0.650. The molecule has 0 saturated heterocycles. The van der Waals surface area contributed by atoms with E-state index in [1.807, 2.05) is 0 Å². The molecule has 0 unspecified atom stereocenters. The van der Waals surface area contributed by atoms with Gasteiger partial charge in [-0.2, -0.15) is 8.42 Å². The van der Waals surface area contributed by atoms with Crippen molar-refractivity contribution in [3.05, 3.63) is 63.1 Å². The molecule has 10 nitrogen and oxygen atoms in total. The maximum Gasteiger partial charge on any atom is 0.360 e. The van der Waals surface area contributed by atoms with Crippen LogP contribution in [-0.4, -0.2) is 31.0 Å². The molecule has 144 valence electrons. The molecule has 3 N–H and O–H groups in total. The lowest BCUT2D eigenvalue weighted by Gasteiger charge is -2.09. The predicted molar refractivity (Wildman–Crippen MR) is 100 cm³/mol. The van der Waals surface area contributed by atoms with Gasteiger partial charge in [0.1, 0.15) is 5.82 Å². The molecule has 0 spiro atoms. The number of fused-ring (bicyclic) bond motifs is 1. The molecule has 0 aliphatic rings. The number of halogens is 1. The molecule has 0 aliphatic heterocycles. The Balaban J connectivity index is 2.06. The fourth-order valence-electron chi connectivity index (χ4n) is 2.57. The van der Waals surface area contributed by atoms with Gasteiger partial charge in [0.05, 0.1) is 22.3 Å². The van der Waals surface area contributed by atoms with Crippen molar-refractivity contribution >= 4 is 38.8 Å². The summed E-state index contributed by atoms with van der Waals surface area (Å²) in [6, 6.07) is 6.64. The van der Waals surface area contributed by atoms with E-state index >= 15 is 0 Å². The second kappa shape index (κ2) is 7.44. The molecule has 0 aliphatic carbocycles. The number of amides is 2. The molecule has 3 rings (SSSR count). The smallest absolute Gasteiger partial charge is 0.360 e. The van der Waals surface area contributed by atoms with Gasteiger partial charge in [0.25, 0.3) is 5.56 Å². The number of hydrogen-bond donors (Lipinski definition) is 3. The SMILES string of the molecule is CNc1cc2[nH]c(=O)n(-c3ccc(NC(=O)N=S(=O)=O)cc3)c(=O)c2cc1F. The van der Waals surface area contributed by atoms with E-state index in [0.29, 0.717) is 0 Å². The van der Waals surface area contributed by atoms with Gasteiger partial charge in [-0.05, 0) is 36.4 Å². The highest BCUT2D eigenvalue weighted by Gasteiger charge is 2.13. The van der Waals surface area contributed by atoms with E-state index in [2.05, 4.69) is 20.0 Å². The minimum absolute atomic E-state index is 0.0230. The van der Waals surface area contributed by atoms with Crippen LogP contribution in [-0.2, 0) is 10.5 Å². The Bertz CT molecular complexity index is 1330. The van der Waals surface area contributed by atoms with Gasteiger partial charge in [0.2, 0.25) is 0 Å². The summed E-state index contributed by atoms with van der Waals surface area (Å²) in [6.45, 7) is 0. The van der Waals surface area contributed by atoms with E-state index in [4.69, 9.17) is 0 Å². The van der Waals surface area contributed by atoms with Crippen LogP contribution in [0.5, 0.6) is 0 Å². The van der Waals surface area contributed by atoms with Crippen molar-refractivity contribution in [1.82, 2.24) is 9.55 Å². The lowest BCUT2D eigenvalue weighted by molar-refractivity contribution is 0.260. The van der Waals surface area contributed by atoms with Crippen LogP contribution in [0.4, 0.5) is 20.6 Å². The molecule has 1 heterocycles. The number of urea groups is 1. The lowest BCUT2D eigenvalue weighted by atomic mass is 10.2. The van der Waals surface area contributed by atoms with E-state index in [0.717, 1.165) is 10.6 Å². The van der Waals surface area contributed by atoms with Gasteiger partial charge in [-0.15, -0.1) is 0 Å². The summed E-state index contributed by atoms with van der Waals surface area (Å²) < 4.78 is 38.3. The van der Waals surface area contributed by atoms with E-state index in [1.54, 1.807) is 0 Å². The zero-order valence-electron chi connectivity index (χ0n) is 14.2. The highest BCUT2D eigenvalue weighted by atomic mass is 32.2. The fourth-order valence-corrected chi connectivity index (χ4v) is 2.75. The number of carbonyl (C=O) groups excluding carboxylic acids is 1. The zero-order valence-corrected chi connectivity index (χ0v) is 15.0. The third kappa shape index (κ3) is 3.66. The van der Waals surface area contributed by atoms with Gasteiger partial charge in [0.15, 0.2) is 0 Å². The summed E-state index contributed by atoms with van der Waals surface area (Å²) >= 11 is 0. The van der Waals surface area contributed by atoms with Crippen molar-refractivity contribution in [3.63, 3.8) is 0 Å². The topological polar surface area (TPSA) is 142 Å². The van der Waals surface area contributed by atoms with E-state index in [-0.39, 0.29) is 28.0 Å². The molecule has 28 heavy (non-hydrogen) atoms. The first-order valence-corrected chi connectivity index (χ1v) is 8.72. The number of benzene rings is 2. The normalized spacial score (nSPS) is 10.5. The van der Waals surface area contributed by atoms with Crippen LogP contribution >= 0.6 is 0 Å². The quantitative estimate of drug-likeness (QED) is 0.602. The summed E-state index contributed by atoms with van der Waals surface area (Å²) in [6.07, 6.45) is 0. The minimum atomic E-state index is -2.89. The Hall–Kier alpha value is -3.80. The van der Waals surface area contributed by atoms with Crippen LogP contribution in [0, 0.1) is 5.82 Å². The van der Waals surface area contributed by atoms with E-state index in [9.17, 15) is 27.2 Å². The molecule has 2 aromatic carbocycles. The van der Waals surface area contributed by atoms with Crippen molar-refractivity contribution in [2.75, 3.05) is 17.7 Å². The fraction of sp³-hybridized carbons (Fsp3) is 0.0625. The monoisotopic (exact) mass is 405 g/mol. The number of nitrogens with one attached hydrogen (secondary N) is 3. The van der Waals surface area contributed by atoms with Crippen LogP contribution in [0.3, 0.4) is 0 Å². The number of nitrogens with zero attached hydrogens (tertiary/aromatic N) is 2. The van der Waals surface area contributed by atoms with Gasteiger partial charge in [-0.1, -0.05) is 4.36 Å². The average molecular weight is 405 g/mol. The molecule has 0 saturated carbocycles. The van der Waals surface area contributed by atoms with E-state index in [1.165, 1.54) is 37.4 Å². The van der Waals surface area contributed by atoms with Crippen molar-refractivity contribution in [2.45, 2.75) is 0 Å². The summed E-state index contributed by atoms with van der Waals surface area (Å²) in [7, 11) is -1.38. The van der Waals surface area contributed by atoms with Crippen molar-refractivity contribution in [1.29, 1.82) is 0 Å². The van der Waals surface area contributed by atoms with Gasteiger partial charge in [0, 0.05) is 12.7 Å².